The molecule has 0 aliphatic carbocycles. The van der Waals surface area contributed by atoms with E-state index in [9.17, 15) is 9.81 Å². The van der Waals surface area contributed by atoms with Gasteiger partial charge in [-0.1, -0.05) is 11.6 Å². The van der Waals surface area contributed by atoms with Crippen LogP contribution in [-0.2, 0) is 16.1 Å². The highest BCUT2D eigenvalue weighted by Gasteiger charge is 2.28. The molecule has 0 saturated carbocycles. The number of methoxy groups -OCH3 is 1. The molecule has 3 rings (SSSR count). The minimum absolute atomic E-state index is 0.256. The average Bonchev–Trinajstić information content (AvgIpc) is 2.72. The van der Waals surface area contributed by atoms with Crippen molar-refractivity contribution in [3.8, 4) is 6.07 Å². The SMILES string of the molecule is COC1CCN(c2nc3c(C(C)=CC(C)(C)[S+](N)[O-])cc(Cl)cc3c(C#N)c2C)CC1. The van der Waals surface area contributed by atoms with Gasteiger partial charge in [-0.2, -0.15) is 10.4 Å². The fourth-order valence-corrected chi connectivity index (χ4v) is 4.64. The maximum Gasteiger partial charge on any atom is 0.157 e. The summed E-state index contributed by atoms with van der Waals surface area (Å²) in [4.78, 5) is 7.25. The number of piperidine rings is 1. The number of hydrogen-bond donors (Lipinski definition) is 1. The number of anilines is 1. The monoisotopic (exact) mass is 460 g/mol. The molecular formula is C23H29ClN4O2S. The van der Waals surface area contributed by atoms with Gasteiger partial charge in [0.05, 0.1) is 17.2 Å². The first-order chi connectivity index (χ1) is 14.6. The summed E-state index contributed by atoms with van der Waals surface area (Å²) in [6.07, 6.45) is 3.97. The number of halogens is 1. The number of benzene rings is 1. The molecule has 166 valence electrons. The Hall–Kier alpha value is -1.82. The van der Waals surface area contributed by atoms with Crippen LogP contribution in [0.4, 0.5) is 5.82 Å². The number of allylic oxidation sites excluding steroid dienone is 1. The topological polar surface area (TPSA) is 98.2 Å². The molecular weight excluding hydrogens is 432 g/mol. The lowest BCUT2D eigenvalue weighted by atomic mass is 9.96. The minimum atomic E-state index is -1.53. The number of ether oxygens (including phenoxy) is 1. The molecule has 1 fully saturated rings. The van der Waals surface area contributed by atoms with Crippen molar-refractivity contribution in [2.24, 2.45) is 5.14 Å². The highest BCUT2D eigenvalue weighted by atomic mass is 35.5. The molecule has 0 spiro atoms. The third kappa shape index (κ3) is 4.84. The smallest absolute Gasteiger partial charge is 0.157 e. The number of nitrogens with two attached hydrogens (primary N) is 1. The van der Waals surface area contributed by atoms with Crippen LogP contribution in [0.15, 0.2) is 18.2 Å². The molecule has 6 nitrogen and oxygen atoms in total. The van der Waals surface area contributed by atoms with Crippen molar-refractivity contribution in [1.82, 2.24) is 4.98 Å². The van der Waals surface area contributed by atoms with Crippen molar-refractivity contribution in [2.75, 3.05) is 25.1 Å². The van der Waals surface area contributed by atoms with E-state index in [1.54, 1.807) is 13.2 Å². The van der Waals surface area contributed by atoms with Crippen molar-refractivity contribution in [3.63, 3.8) is 0 Å². The van der Waals surface area contributed by atoms with Gasteiger partial charge >= 0.3 is 0 Å². The van der Waals surface area contributed by atoms with Crippen LogP contribution in [0.25, 0.3) is 16.5 Å². The van der Waals surface area contributed by atoms with Crippen LogP contribution in [0.3, 0.4) is 0 Å². The fourth-order valence-electron chi connectivity index (χ4n) is 4.13. The van der Waals surface area contributed by atoms with E-state index in [4.69, 9.17) is 26.5 Å². The standard InChI is InChI=1S/C23H29ClN4O2S/c1-14(12-23(3,4)31(26)29)18-10-16(24)11-19-20(13-25)15(2)22(27-21(18)19)28-8-6-17(30-5)7-9-28/h10-12,17H,6-9,26H2,1-5H3. The molecule has 2 N–H and O–H groups in total. The molecule has 1 atom stereocenters. The van der Waals surface area contributed by atoms with E-state index in [2.05, 4.69) is 11.0 Å². The largest absolute Gasteiger partial charge is 0.598 e. The minimum Gasteiger partial charge on any atom is -0.598 e. The van der Waals surface area contributed by atoms with Crippen LogP contribution < -0.4 is 10.0 Å². The Kier molecular flexibility index (Phi) is 7.19. The summed E-state index contributed by atoms with van der Waals surface area (Å²) in [5, 5.41) is 16.9. The molecule has 0 amide bonds. The molecule has 2 aromatic rings. The van der Waals surface area contributed by atoms with Crippen LogP contribution in [0.2, 0.25) is 5.02 Å². The quantitative estimate of drug-likeness (QED) is 0.660. The van der Waals surface area contributed by atoms with Gasteiger partial charge in [0.2, 0.25) is 0 Å². The molecule has 1 aromatic carbocycles. The Morgan fingerprint density at radius 2 is 2.06 bits per heavy atom. The predicted molar refractivity (Wildman–Crippen MR) is 129 cm³/mol. The van der Waals surface area contributed by atoms with Gasteiger partial charge < -0.3 is 14.2 Å². The predicted octanol–water partition coefficient (Wildman–Crippen LogP) is 4.49. The lowest BCUT2D eigenvalue weighted by molar-refractivity contribution is 0.0818. The Bertz CT molecular complexity index is 1050. The molecule has 1 aromatic heterocycles. The summed E-state index contributed by atoms with van der Waals surface area (Å²) in [7, 11) is 1.74. The summed E-state index contributed by atoms with van der Waals surface area (Å²) in [6.45, 7) is 9.15. The third-order valence-corrected chi connectivity index (χ3v) is 7.34. The Labute approximate surface area is 192 Å². The highest BCUT2D eigenvalue weighted by molar-refractivity contribution is 7.90. The Morgan fingerprint density at radius 1 is 1.42 bits per heavy atom. The van der Waals surface area contributed by atoms with Crippen molar-refractivity contribution in [1.29, 1.82) is 5.26 Å². The zero-order valence-corrected chi connectivity index (χ0v) is 20.2. The highest BCUT2D eigenvalue weighted by Crippen LogP contribution is 2.36. The first-order valence-corrected chi connectivity index (χ1v) is 11.9. The van der Waals surface area contributed by atoms with Gasteiger partial charge in [0.15, 0.2) is 4.75 Å². The van der Waals surface area contributed by atoms with Gasteiger partial charge in [0.1, 0.15) is 11.9 Å². The van der Waals surface area contributed by atoms with Crippen LogP contribution in [0.5, 0.6) is 0 Å². The summed E-state index contributed by atoms with van der Waals surface area (Å²) >= 11 is 4.90. The van der Waals surface area contributed by atoms with Crippen LogP contribution in [0, 0.1) is 18.3 Å². The normalized spacial score (nSPS) is 17.1. The first-order valence-electron chi connectivity index (χ1n) is 10.3. The van der Waals surface area contributed by atoms with Crippen molar-refractivity contribution >= 4 is 45.3 Å². The fraction of sp³-hybridized carbons (Fsp3) is 0.478. The molecule has 1 unspecified atom stereocenters. The molecule has 1 aliphatic heterocycles. The Morgan fingerprint density at radius 3 is 2.61 bits per heavy atom. The van der Waals surface area contributed by atoms with Crippen LogP contribution >= 0.6 is 11.6 Å². The van der Waals surface area contributed by atoms with E-state index in [0.717, 1.165) is 53.8 Å². The van der Waals surface area contributed by atoms with E-state index in [1.807, 2.05) is 39.8 Å². The summed E-state index contributed by atoms with van der Waals surface area (Å²) in [5.41, 5.74) is 3.81. The molecule has 1 saturated heterocycles. The van der Waals surface area contributed by atoms with Crippen molar-refractivity contribution < 1.29 is 9.29 Å². The second kappa shape index (κ2) is 9.35. The summed E-state index contributed by atoms with van der Waals surface area (Å²) < 4.78 is 16.7. The first kappa shape index (κ1) is 23.8. The second-order valence-corrected chi connectivity index (χ2v) is 10.6. The van der Waals surface area contributed by atoms with Gasteiger partial charge in [-0.25, -0.2) is 4.98 Å². The molecule has 0 radical (unpaired) electrons. The van der Waals surface area contributed by atoms with Crippen LogP contribution in [-0.4, -0.2) is 40.6 Å². The molecule has 1 aliphatic rings. The zero-order valence-electron chi connectivity index (χ0n) is 18.7. The van der Waals surface area contributed by atoms with Gasteiger partial charge in [0.25, 0.3) is 0 Å². The van der Waals surface area contributed by atoms with E-state index < -0.39 is 16.1 Å². The number of hydrogen-bond acceptors (Lipinski definition) is 6. The maximum atomic E-state index is 12.0. The lowest BCUT2D eigenvalue weighted by Crippen LogP contribution is -2.37. The van der Waals surface area contributed by atoms with E-state index >= 15 is 0 Å². The van der Waals surface area contributed by atoms with Gasteiger partial charge in [-0.15, -0.1) is 0 Å². The van der Waals surface area contributed by atoms with E-state index in [-0.39, 0.29) is 6.10 Å². The van der Waals surface area contributed by atoms with E-state index in [1.165, 1.54) is 0 Å². The number of pyridine rings is 1. The van der Waals surface area contributed by atoms with E-state index in [0.29, 0.717) is 16.1 Å². The maximum absolute atomic E-state index is 12.0. The van der Waals surface area contributed by atoms with Crippen LogP contribution in [0.1, 0.15) is 50.3 Å². The third-order valence-electron chi connectivity index (χ3n) is 5.97. The number of aromatic nitrogens is 1. The van der Waals surface area contributed by atoms with Gasteiger partial charge in [-0.05, 0) is 64.3 Å². The molecule has 31 heavy (non-hydrogen) atoms. The zero-order chi connectivity index (χ0) is 22.9. The number of nitrogens with zero attached hydrogens (tertiary/aromatic N) is 3. The Balaban J connectivity index is 2.21. The van der Waals surface area contributed by atoms with Crippen molar-refractivity contribution in [3.05, 3.63) is 39.9 Å². The molecule has 0 bridgehead atoms. The van der Waals surface area contributed by atoms with Crippen molar-refractivity contribution in [2.45, 2.75) is 51.4 Å². The van der Waals surface area contributed by atoms with Gasteiger partial charge in [-0.3, -0.25) is 0 Å². The second-order valence-electron chi connectivity index (χ2n) is 8.55. The average molecular weight is 461 g/mol. The number of fused-ring (bicyclic) bond motifs is 1. The number of nitriles is 1. The molecule has 2 heterocycles. The summed E-state index contributed by atoms with van der Waals surface area (Å²) in [6, 6.07) is 5.99. The summed E-state index contributed by atoms with van der Waals surface area (Å²) in [5.74, 6) is 0.816. The van der Waals surface area contributed by atoms with Gasteiger partial charge in [0, 0.05) is 53.1 Å². The lowest BCUT2D eigenvalue weighted by Gasteiger charge is -2.33. The number of rotatable bonds is 5. The molecule has 8 heteroatoms.